The molecule has 0 unspecified atom stereocenters. The molecule has 0 bridgehead atoms. The maximum atomic E-state index is 11.6. The number of rotatable bonds is 2. The van der Waals surface area contributed by atoms with E-state index in [1.54, 1.807) is 36.8 Å². The lowest BCUT2D eigenvalue weighted by Gasteiger charge is -2.05. The predicted octanol–water partition coefficient (Wildman–Crippen LogP) is 2.31. The molecule has 0 aliphatic rings. The van der Waals surface area contributed by atoms with Crippen LogP contribution in [0, 0.1) is 0 Å². The lowest BCUT2D eigenvalue weighted by Crippen LogP contribution is -1.99. The van der Waals surface area contributed by atoms with Crippen LogP contribution in [0.15, 0.2) is 46.2 Å². The van der Waals surface area contributed by atoms with E-state index in [4.69, 9.17) is 0 Å². The van der Waals surface area contributed by atoms with Crippen molar-refractivity contribution in [2.24, 2.45) is 0 Å². The molecule has 0 atom stereocenters. The summed E-state index contributed by atoms with van der Waals surface area (Å²) in [5.41, 5.74) is 1.37. The summed E-state index contributed by atoms with van der Waals surface area (Å²) in [5.74, 6) is 0. The van der Waals surface area contributed by atoms with Crippen LogP contribution in [0.3, 0.4) is 0 Å². The molecular weight excluding hydrogens is 304 g/mol. The minimum absolute atomic E-state index is 0.251. The molecule has 0 aliphatic heterocycles. The molecule has 0 N–H and O–H groups in total. The molecule has 0 aliphatic carbocycles. The molecule has 1 heterocycles. The van der Waals surface area contributed by atoms with Gasteiger partial charge in [0.15, 0.2) is 9.84 Å². The fourth-order valence-corrected chi connectivity index (χ4v) is 3.29. The molecule has 0 fully saturated rings. The highest BCUT2D eigenvalue weighted by Gasteiger charge is 2.13. The zero-order valence-electron chi connectivity index (χ0n) is 8.96. The SMILES string of the molecule is CS(=O)(=O)c1cc(-c2cnccn2)ccc1Br. The normalized spacial score (nSPS) is 11.4. The van der Waals surface area contributed by atoms with Gasteiger partial charge < -0.3 is 0 Å². The first-order valence-corrected chi connectivity index (χ1v) is 7.43. The highest BCUT2D eigenvalue weighted by Crippen LogP contribution is 2.27. The molecule has 88 valence electrons. The van der Waals surface area contributed by atoms with Gasteiger partial charge in [-0.25, -0.2) is 8.42 Å². The molecule has 17 heavy (non-hydrogen) atoms. The Hall–Kier alpha value is -1.27. The van der Waals surface area contributed by atoms with Crippen LogP contribution in [0.5, 0.6) is 0 Å². The third-order valence-corrected chi connectivity index (χ3v) is 4.28. The van der Waals surface area contributed by atoms with Crippen LogP contribution in [0.25, 0.3) is 11.3 Å². The highest BCUT2D eigenvalue weighted by molar-refractivity contribution is 9.10. The molecule has 0 amide bonds. The smallest absolute Gasteiger partial charge is 0.176 e. The highest BCUT2D eigenvalue weighted by atomic mass is 79.9. The van der Waals surface area contributed by atoms with Crippen molar-refractivity contribution in [3.05, 3.63) is 41.3 Å². The van der Waals surface area contributed by atoms with Gasteiger partial charge in [0.2, 0.25) is 0 Å². The van der Waals surface area contributed by atoms with Gasteiger partial charge in [0.05, 0.1) is 16.8 Å². The Morgan fingerprint density at radius 2 is 2.00 bits per heavy atom. The van der Waals surface area contributed by atoms with Gasteiger partial charge in [-0.3, -0.25) is 9.97 Å². The molecular formula is C11H9BrN2O2S. The lowest BCUT2D eigenvalue weighted by molar-refractivity contribution is 0.601. The second-order valence-corrected chi connectivity index (χ2v) is 6.35. The van der Waals surface area contributed by atoms with Gasteiger partial charge in [-0.2, -0.15) is 0 Å². The Kier molecular flexibility index (Phi) is 3.26. The van der Waals surface area contributed by atoms with Gasteiger partial charge in [-0.1, -0.05) is 6.07 Å². The predicted molar refractivity (Wildman–Crippen MR) is 68.3 cm³/mol. The molecule has 0 radical (unpaired) electrons. The first-order valence-electron chi connectivity index (χ1n) is 4.74. The number of nitrogens with zero attached hydrogens (tertiary/aromatic N) is 2. The standard InChI is InChI=1S/C11H9BrN2O2S/c1-17(15,16)11-6-8(2-3-9(11)12)10-7-13-4-5-14-10/h2-7H,1H3. The van der Waals surface area contributed by atoms with Gasteiger partial charge in [-0.05, 0) is 28.1 Å². The van der Waals surface area contributed by atoms with Crippen molar-refractivity contribution in [1.82, 2.24) is 9.97 Å². The average Bonchev–Trinajstić information content (AvgIpc) is 2.29. The van der Waals surface area contributed by atoms with Crippen LogP contribution in [0.2, 0.25) is 0 Å². The Morgan fingerprint density at radius 3 is 2.59 bits per heavy atom. The van der Waals surface area contributed by atoms with Gasteiger partial charge in [0.25, 0.3) is 0 Å². The average molecular weight is 313 g/mol. The Morgan fingerprint density at radius 1 is 1.24 bits per heavy atom. The third-order valence-electron chi connectivity index (χ3n) is 2.19. The Labute approximate surface area is 108 Å². The number of hydrogen-bond acceptors (Lipinski definition) is 4. The first kappa shape index (κ1) is 12.2. The molecule has 0 saturated heterocycles. The van der Waals surface area contributed by atoms with Crippen molar-refractivity contribution < 1.29 is 8.42 Å². The number of halogens is 1. The van der Waals surface area contributed by atoms with Crippen LogP contribution in [0.1, 0.15) is 0 Å². The van der Waals surface area contributed by atoms with Crippen LogP contribution in [0.4, 0.5) is 0 Å². The van der Waals surface area contributed by atoms with E-state index in [1.165, 1.54) is 6.26 Å². The van der Waals surface area contributed by atoms with E-state index in [-0.39, 0.29) is 4.90 Å². The van der Waals surface area contributed by atoms with E-state index in [9.17, 15) is 8.42 Å². The minimum Gasteiger partial charge on any atom is -0.261 e. The van der Waals surface area contributed by atoms with Crippen LogP contribution >= 0.6 is 15.9 Å². The maximum Gasteiger partial charge on any atom is 0.176 e. The summed E-state index contributed by atoms with van der Waals surface area (Å²) in [6.45, 7) is 0. The van der Waals surface area contributed by atoms with E-state index < -0.39 is 9.84 Å². The lowest BCUT2D eigenvalue weighted by atomic mass is 10.2. The molecule has 6 heteroatoms. The van der Waals surface area contributed by atoms with Crippen molar-refractivity contribution in [1.29, 1.82) is 0 Å². The Balaban J connectivity index is 2.61. The number of sulfone groups is 1. The second kappa shape index (κ2) is 4.54. The number of benzene rings is 1. The van der Waals surface area contributed by atoms with Crippen LogP contribution < -0.4 is 0 Å². The zero-order valence-corrected chi connectivity index (χ0v) is 11.4. The van der Waals surface area contributed by atoms with Gasteiger partial charge in [-0.15, -0.1) is 0 Å². The van der Waals surface area contributed by atoms with Gasteiger partial charge in [0, 0.05) is 28.7 Å². The third kappa shape index (κ3) is 2.70. The number of hydrogen-bond donors (Lipinski definition) is 0. The summed E-state index contributed by atoms with van der Waals surface area (Å²) in [5, 5.41) is 0. The summed E-state index contributed by atoms with van der Waals surface area (Å²) in [7, 11) is -3.26. The van der Waals surface area contributed by atoms with Crippen molar-refractivity contribution in [2.75, 3.05) is 6.26 Å². The molecule has 1 aromatic heterocycles. The molecule has 0 saturated carbocycles. The summed E-state index contributed by atoms with van der Waals surface area (Å²) >= 11 is 3.22. The topological polar surface area (TPSA) is 59.9 Å². The van der Waals surface area contributed by atoms with E-state index in [2.05, 4.69) is 25.9 Å². The van der Waals surface area contributed by atoms with E-state index in [1.807, 2.05) is 0 Å². The van der Waals surface area contributed by atoms with Crippen LogP contribution in [-0.2, 0) is 9.84 Å². The molecule has 2 rings (SSSR count). The summed E-state index contributed by atoms with van der Waals surface area (Å²) in [6, 6.07) is 5.08. The largest absolute Gasteiger partial charge is 0.261 e. The first-order chi connectivity index (χ1) is 7.98. The quantitative estimate of drug-likeness (QED) is 0.853. The molecule has 4 nitrogen and oxygen atoms in total. The summed E-state index contributed by atoms with van der Waals surface area (Å²) in [4.78, 5) is 8.33. The summed E-state index contributed by atoms with van der Waals surface area (Å²) in [6.07, 6.45) is 5.90. The van der Waals surface area contributed by atoms with Crippen molar-refractivity contribution in [3.63, 3.8) is 0 Å². The molecule has 2 aromatic rings. The molecule has 0 spiro atoms. The zero-order chi connectivity index (χ0) is 12.5. The van der Waals surface area contributed by atoms with E-state index in [0.717, 1.165) is 5.56 Å². The van der Waals surface area contributed by atoms with Crippen molar-refractivity contribution in [3.8, 4) is 11.3 Å². The fourth-order valence-electron chi connectivity index (χ4n) is 1.40. The number of aromatic nitrogens is 2. The van der Waals surface area contributed by atoms with Crippen LogP contribution in [-0.4, -0.2) is 24.6 Å². The molecule has 1 aromatic carbocycles. The fraction of sp³-hybridized carbons (Fsp3) is 0.0909. The van der Waals surface area contributed by atoms with Crippen molar-refractivity contribution in [2.45, 2.75) is 4.90 Å². The second-order valence-electron chi connectivity index (χ2n) is 3.51. The Bertz CT molecular complexity index is 642. The van der Waals surface area contributed by atoms with E-state index in [0.29, 0.717) is 10.2 Å². The minimum atomic E-state index is -3.26. The summed E-state index contributed by atoms with van der Waals surface area (Å²) < 4.78 is 23.7. The maximum absolute atomic E-state index is 11.6. The van der Waals surface area contributed by atoms with Gasteiger partial charge >= 0.3 is 0 Å². The monoisotopic (exact) mass is 312 g/mol. The van der Waals surface area contributed by atoms with E-state index >= 15 is 0 Å². The van der Waals surface area contributed by atoms with Gasteiger partial charge in [0.1, 0.15) is 0 Å². The van der Waals surface area contributed by atoms with Crippen molar-refractivity contribution >= 4 is 25.8 Å².